The molecule has 4 amide bonds. The Morgan fingerprint density at radius 1 is 0.917 bits per heavy atom. The maximum absolute atomic E-state index is 13.7. The van der Waals surface area contributed by atoms with Gasteiger partial charge in [-0.15, -0.1) is 0 Å². The van der Waals surface area contributed by atoms with Crippen LogP contribution in [-0.4, -0.2) is 85.6 Å². The van der Waals surface area contributed by atoms with Gasteiger partial charge in [0.1, 0.15) is 26.2 Å². The molecule has 0 aromatic heterocycles. The molecule has 5 N–H and O–H groups in total. The Balaban J connectivity index is 2.06. The molecule has 5 atom stereocenters. The summed E-state index contributed by atoms with van der Waals surface area (Å²) >= 11 is 0. The molecule has 1 aromatic carbocycles. The van der Waals surface area contributed by atoms with E-state index in [1.165, 1.54) is 13.8 Å². The first-order chi connectivity index (χ1) is 22.3. The first-order valence-electron chi connectivity index (χ1n) is 17.0. The average molecular weight is 691 g/mol. The highest BCUT2D eigenvalue weighted by Crippen LogP contribution is 2.48. The minimum atomic E-state index is -2.36. The van der Waals surface area contributed by atoms with Gasteiger partial charge < -0.3 is 35.8 Å². The van der Waals surface area contributed by atoms with Gasteiger partial charge in [-0.25, -0.2) is 4.79 Å². The lowest BCUT2D eigenvalue weighted by Crippen LogP contribution is -2.65. The number of carbonyl (C=O) groups excluding carboxylic acids is 5. The fraction of sp³-hybridized carbons (Fsp3) is 0.686. The lowest BCUT2D eigenvalue weighted by atomic mass is 10.0. The van der Waals surface area contributed by atoms with Crippen molar-refractivity contribution in [1.82, 2.24) is 21.3 Å². The fourth-order valence-electron chi connectivity index (χ4n) is 5.49. The monoisotopic (exact) mass is 690 g/mol. The molecule has 0 spiro atoms. The lowest BCUT2D eigenvalue weighted by Gasteiger charge is -2.52. The van der Waals surface area contributed by atoms with E-state index in [1.54, 1.807) is 0 Å². The Bertz CT molecular complexity index is 1240. The number of rotatable bonds is 16. The molecule has 0 aliphatic carbocycles. The van der Waals surface area contributed by atoms with Crippen LogP contribution in [0, 0.1) is 5.92 Å². The number of amides is 4. The van der Waals surface area contributed by atoms with Crippen molar-refractivity contribution in [2.24, 2.45) is 5.92 Å². The van der Waals surface area contributed by atoms with Crippen LogP contribution in [0.25, 0.3) is 0 Å². The number of hydrogen-bond donors (Lipinski definition) is 5. The third kappa shape index (κ3) is 12.0. The predicted octanol–water partition coefficient (Wildman–Crippen LogP) is 3.12. The zero-order chi connectivity index (χ0) is 36.3. The van der Waals surface area contributed by atoms with Gasteiger partial charge >= 0.3 is 5.97 Å². The second-order valence-corrected chi connectivity index (χ2v) is 20.4. The first kappa shape index (κ1) is 40.9. The van der Waals surface area contributed by atoms with Crippen LogP contribution in [0.3, 0.4) is 0 Å². The Morgan fingerprint density at radius 2 is 1.56 bits per heavy atom. The van der Waals surface area contributed by atoms with Crippen LogP contribution >= 0.6 is 0 Å². The average Bonchev–Trinajstić information content (AvgIpc) is 2.98. The molecule has 1 saturated heterocycles. The zero-order valence-electron chi connectivity index (χ0n) is 30.2. The third-order valence-electron chi connectivity index (χ3n) is 9.25. The molecule has 0 saturated carbocycles. The van der Waals surface area contributed by atoms with E-state index in [9.17, 15) is 29.1 Å². The largest absolute Gasteiger partial charge is 0.436 e. The smallest absolute Gasteiger partial charge is 0.330 e. The van der Waals surface area contributed by atoms with Crippen molar-refractivity contribution in [3.05, 3.63) is 35.9 Å². The Labute approximate surface area is 286 Å². The van der Waals surface area contributed by atoms with E-state index in [-0.39, 0.29) is 23.8 Å². The van der Waals surface area contributed by atoms with Crippen molar-refractivity contribution in [3.8, 4) is 0 Å². The molecule has 1 aliphatic heterocycles. The molecule has 0 radical (unpaired) electrons. The highest BCUT2D eigenvalue weighted by Gasteiger charge is 2.58. The van der Waals surface area contributed by atoms with Crippen LogP contribution in [0.4, 0.5) is 0 Å². The van der Waals surface area contributed by atoms with Gasteiger partial charge in [0, 0.05) is 12.8 Å². The van der Waals surface area contributed by atoms with Crippen molar-refractivity contribution in [2.45, 2.75) is 135 Å². The quantitative estimate of drug-likeness (QED) is 0.130. The van der Waals surface area contributed by atoms with Crippen LogP contribution in [0.1, 0.15) is 86.1 Å². The number of hydrogen-bond acceptors (Lipinski definition) is 8. The Hall–Kier alpha value is -3.29. The highest BCUT2D eigenvalue weighted by molar-refractivity contribution is 6.82. The molecular formula is C35H58N4O8Si. The molecule has 2 rings (SSSR count). The van der Waals surface area contributed by atoms with Crippen LogP contribution < -0.4 is 21.3 Å². The third-order valence-corrected chi connectivity index (χ3v) is 15.4. The number of aliphatic hydroxyl groups excluding tert-OH is 1. The van der Waals surface area contributed by atoms with E-state index in [4.69, 9.17) is 9.47 Å². The summed E-state index contributed by atoms with van der Waals surface area (Å²) in [4.78, 5) is 65.1. The zero-order valence-corrected chi connectivity index (χ0v) is 31.2. The summed E-state index contributed by atoms with van der Waals surface area (Å²) in [5.74, 6) is -2.80. The predicted molar refractivity (Wildman–Crippen MR) is 186 cm³/mol. The first-order valence-corrected chi connectivity index (χ1v) is 20.0. The molecule has 1 fully saturated rings. The molecule has 270 valence electrons. The standard InChI is InChI=1S/C35H58N4O8Si/c1-23(2)19-28(33(45)47-35(17-13-14-18-46-35)48(8,9)34(5,6)7)39-31(43)25(4)37-30(42)22-36-32(44)27(38-29(41)20-24(3)40)21-26-15-11-10-12-16-26/h10-12,15-16,23-25,27-28,40H,13-14,17-22H2,1-9H3,(H,36,44)(H,37,42)(H,38,41)(H,39,43)/t24?,25-,27-,28-,35?/m0/s1. The van der Waals surface area contributed by atoms with Gasteiger partial charge in [0.15, 0.2) is 5.41 Å². The number of benzene rings is 1. The molecule has 2 unspecified atom stereocenters. The van der Waals surface area contributed by atoms with Crippen LogP contribution in [0.2, 0.25) is 18.1 Å². The molecule has 12 nitrogen and oxygen atoms in total. The molecule has 13 heteroatoms. The molecule has 1 aliphatic rings. The van der Waals surface area contributed by atoms with Gasteiger partial charge in [0.2, 0.25) is 23.6 Å². The van der Waals surface area contributed by atoms with Gasteiger partial charge in [-0.1, -0.05) is 78.0 Å². The summed E-state index contributed by atoms with van der Waals surface area (Å²) in [7, 11) is -2.36. The van der Waals surface area contributed by atoms with E-state index in [0.717, 1.165) is 18.4 Å². The summed E-state index contributed by atoms with van der Waals surface area (Å²) in [6.07, 6.45) is 1.81. The van der Waals surface area contributed by atoms with E-state index in [0.29, 0.717) is 19.4 Å². The number of esters is 1. The maximum atomic E-state index is 13.7. The van der Waals surface area contributed by atoms with Crippen molar-refractivity contribution >= 4 is 37.7 Å². The summed E-state index contributed by atoms with van der Waals surface area (Å²) in [5, 5.41) is 19.9. The summed E-state index contributed by atoms with van der Waals surface area (Å²) < 4.78 is 12.6. The van der Waals surface area contributed by atoms with Gasteiger partial charge in [-0.05, 0) is 49.6 Å². The minimum Gasteiger partial charge on any atom is -0.436 e. The van der Waals surface area contributed by atoms with E-state index < -0.39 is 73.9 Å². The maximum Gasteiger partial charge on any atom is 0.330 e. The molecular weight excluding hydrogens is 632 g/mol. The molecule has 1 heterocycles. The van der Waals surface area contributed by atoms with Crippen molar-refractivity contribution in [3.63, 3.8) is 0 Å². The van der Waals surface area contributed by atoms with Crippen molar-refractivity contribution in [2.75, 3.05) is 13.2 Å². The number of carbonyl (C=O) groups is 5. The van der Waals surface area contributed by atoms with E-state index in [1.807, 2.05) is 44.2 Å². The van der Waals surface area contributed by atoms with Gasteiger partial charge in [0.25, 0.3) is 0 Å². The molecule has 1 aromatic rings. The van der Waals surface area contributed by atoms with Crippen LogP contribution in [-0.2, 0) is 39.9 Å². The van der Waals surface area contributed by atoms with Gasteiger partial charge in [-0.3, -0.25) is 19.2 Å². The van der Waals surface area contributed by atoms with Gasteiger partial charge in [0.05, 0.1) is 25.7 Å². The van der Waals surface area contributed by atoms with E-state index >= 15 is 0 Å². The van der Waals surface area contributed by atoms with Crippen LogP contribution in [0.15, 0.2) is 30.3 Å². The number of nitrogens with one attached hydrogen (secondary N) is 4. The number of ether oxygens (including phenoxy) is 2. The Morgan fingerprint density at radius 3 is 2.10 bits per heavy atom. The van der Waals surface area contributed by atoms with Crippen molar-refractivity contribution < 1.29 is 38.6 Å². The van der Waals surface area contributed by atoms with Crippen LogP contribution in [0.5, 0.6) is 0 Å². The summed E-state index contributed by atoms with van der Waals surface area (Å²) in [6.45, 7) is 17.7. The Kier molecular flexibility index (Phi) is 15.3. The van der Waals surface area contributed by atoms with E-state index in [2.05, 4.69) is 55.1 Å². The summed E-state index contributed by atoms with van der Waals surface area (Å²) in [5.41, 5.74) is -0.225. The molecule has 0 bridgehead atoms. The second kappa shape index (κ2) is 17.9. The normalized spacial score (nSPS) is 19.3. The van der Waals surface area contributed by atoms with Gasteiger partial charge in [-0.2, -0.15) is 0 Å². The second-order valence-electron chi connectivity index (χ2n) is 14.9. The van der Waals surface area contributed by atoms with Crippen molar-refractivity contribution in [1.29, 1.82) is 0 Å². The summed E-state index contributed by atoms with van der Waals surface area (Å²) in [6, 6.07) is 6.11. The minimum absolute atomic E-state index is 0.0592. The number of aliphatic hydroxyl groups is 1. The lowest BCUT2D eigenvalue weighted by molar-refractivity contribution is -0.214. The highest BCUT2D eigenvalue weighted by atomic mass is 28.3. The fourth-order valence-corrected chi connectivity index (χ4v) is 8.25. The topological polar surface area (TPSA) is 172 Å². The SMILES string of the molecule is CC(C)C[C@H](NC(=O)[C@H](C)NC(=O)CNC(=O)[C@H](Cc1ccccc1)NC(=O)CC(C)O)C(=O)OC1([Si](C)(C)C(C)(C)C)CCCCO1. The molecule has 48 heavy (non-hydrogen) atoms.